The van der Waals surface area contributed by atoms with E-state index < -0.39 is 5.97 Å². The van der Waals surface area contributed by atoms with Gasteiger partial charge in [-0.05, 0) is 47.9 Å². The van der Waals surface area contributed by atoms with Gasteiger partial charge in [0.15, 0.2) is 0 Å². The van der Waals surface area contributed by atoms with Gasteiger partial charge in [-0.25, -0.2) is 9.78 Å². The van der Waals surface area contributed by atoms with Crippen LogP contribution in [0.15, 0.2) is 35.2 Å². The van der Waals surface area contributed by atoms with Crippen LogP contribution in [0, 0.1) is 0 Å². The number of pyridine rings is 1. The maximum atomic E-state index is 12.3. The molecular formula is C15H16N2O3S. The Morgan fingerprint density at radius 2 is 2.14 bits per heavy atom. The Labute approximate surface area is 126 Å². The first-order valence-corrected chi connectivity index (χ1v) is 7.41. The van der Waals surface area contributed by atoms with Gasteiger partial charge in [0.1, 0.15) is 5.69 Å². The van der Waals surface area contributed by atoms with Crippen molar-refractivity contribution in [2.45, 2.75) is 19.4 Å². The van der Waals surface area contributed by atoms with Gasteiger partial charge in [0.25, 0.3) is 5.91 Å². The van der Waals surface area contributed by atoms with E-state index >= 15 is 0 Å². The Balaban J connectivity index is 2.05. The van der Waals surface area contributed by atoms with E-state index in [9.17, 15) is 9.59 Å². The van der Waals surface area contributed by atoms with E-state index in [0.717, 1.165) is 6.42 Å². The quantitative estimate of drug-likeness (QED) is 0.921. The molecule has 21 heavy (non-hydrogen) atoms. The number of carbonyl (C=O) groups excluding carboxylic acids is 1. The predicted octanol–water partition coefficient (Wildman–Crippen LogP) is 2.54. The number of rotatable bonds is 5. The van der Waals surface area contributed by atoms with Gasteiger partial charge in [-0.2, -0.15) is 11.3 Å². The number of carboxylic acids is 1. The van der Waals surface area contributed by atoms with Crippen LogP contribution in [0.1, 0.15) is 33.3 Å². The third-order valence-corrected chi connectivity index (χ3v) is 4.05. The van der Waals surface area contributed by atoms with Crippen molar-refractivity contribution >= 4 is 23.2 Å². The molecule has 1 amide bonds. The third-order valence-electron chi connectivity index (χ3n) is 3.32. The Morgan fingerprint density at radius 3 is 2.67 bits per heavy atom. The third kappa shape index (κ3) is 3.66. The lowest BCUT2D eigenvalue weighted by molar-refractivity contribution is 0.0686. The van der Waals surface area contributed by atoms with Crippen LogP contribution in [0.2, 0.25) is 0 Å². The normalized spacial score (nSPS) is 11.9. The molecule has 2 aromatic rings. The lowest BCUT2D eigenvalue weighted by Crippen LogP contribution is -2.36. The summed E-state index contributed by atoms with van der Waals surface area (Å²) in [4.78, 5) is 28.5. The predicted molar refractivity (Wildman–Crippen MR) is 80.8 cm³/mol. The van der Waals surface area contributed by atoms with Crippen LogP contribution in [-0.2, 0) is 6.42 Å². The highest BCUT2D eigenvalue weighted by Gasteiger charge is 2.18. The first kappa shape index (κ1) is 15.2. The number of carbonyl (C=O) groups is 2. The smallest absolute Gasteiger partial charge is 0.354 e. The number of nitrogens with zero attached hydrogens (tertiary/aromatic N) is 2. The van der Waals surface area contributed by atoms with E-state index in [1.165, 1.54) is 23.9 Å². The van der Waals surface area contributed by atoms with E-state index in [1.54, 1.807) is 23.3 Å². The average molecular weight is 304 g/mol. The molecule has 2 aromatic heterocycles. The SMILES string of the molecule is CC(Cc1ccsc1)N(C)C(=O)c1ccc(C(=O)O)nc1. The first-order chi connectivity index (χ1) is 9.99. The molecule has 0 spiro atoms. The van der Waals surface area contributed by atoms with Crippen molar-refractivity contribution in [3.8, 4) is 0 Å². The largest absolute Gasteiger partial charge is 0.477 e. The number of hydrogen-bond donors (Lipinski definition) is 1. The monoisotopic (exact) mass is 304 g/mol. The topological polar surface area (TPSA) is 70.5 Å². The van der Waals surface area contributed by atoms with Crippen molar-refractivity contribution in [1.82, 2.24) is 9.88 Å². The molecule has 2 rings (SSSR count). The van der Waals surface area contributed by atoms with Crippen molar-refractivity contribution in [1.29, 1.82) is 0 Å². The number of hydrogen-bond acceptors (Lipinski definition) is 4. The van der Waals surface area contributed by atoms with Crippen molar-refractivity contribution in [2.24, 2.45) is 0 Å². The number of likely N-dealkylation sites (N-methyl/N-ethyl adjacent to an activating group) is 1. The lowest BCUT2D eigenvalue weighted by Gasteiger charge is -2.24. The molecule has 0 aromatic carbocycles. The van der Waals surface area contributed by atoms with Crippen molar-refractivity contribution in [2.75, 3.05) is 7.05 Å². The number of aromatic nitrogens is 1. The summed E-state index contributed by atoms with van der Waals surface area (Å²) < 4.78 is 0. The fourth-order valence-electron chi connectivity index (χ4n) is 1.94. The highest BCUT2D eigenvalue weighted by Crippen LogP contribution is 2.13. The summed E-state index contributed by atoms with van der Waals surface area (Å²) in [6.45, 7) is 1.98. The fourth-order valence-corrected chi connectivity index (χ4v) is 2.62. The van der Waals surface area contributed by atoms with E-state index in [-0.39, 0.29) is 17.6 Å². The second-order valence-electron chi connectivity index (χ2n) is 4.84. The van der Waals surface area contributed by atoms with Gasteiger partial charge in [0.2, 0.25) is 0 Å². The molecule has 0 saturated heterocycles. The summed E-state index contributed by atoms with van der Waals surface area (Å²) in [5.41, 5.74) is 1.52. The molecule has 1 unspecified atom stereocenters. The maximum Gasteiger partial charge on any atom is 0.354 e. The zero-order valence-corrected chi connectivity index (χ0v) is 12.6. The molecular weight excluding hydrogens is 288 g/mol. The fraction of sp³-hybridized carbons (Fsp3) is 0.267. The van der Waals surface area contributed by atoms with Crippen LogP contribution < -0.4 is 0 Å². The summed E-state index contributed by atoms with van der Waals surface area (Å²) in [5.74, 6) is -1.27. The van der Waals surface area contributed by atoms with Crippen LogP contribution in [0.25, 0.3) is 0 Å². The van der Waals surface area contributed by atoms with E-state index in [1.807, 2.05) is 18.4 Å². The van der Waals surface area contributed by atoms with Crippen molar-refractivity contribution < 1.29 is 14.7 Å². The number of thiophene rings is 1. The summed E-state index contributed by atoms with van der Waals surface area (Å²) >= 11 is 1.63. The van der Waals surface area contributed by atoms with Gasteiger partial charge in [-0.1, -0.05) is 0 Å². The summed E-state index contributed by atoms with van der Waals surface area (Å²) in [5, 5.41) is 12.9. The van der Waals surface area contributed by atoms with Crippen molar-refractivity contribution in [3.05, 3.63) is 52.0 Å². The minimum atomic E-state index is -1.10. The van der Waals surface area contributed by atoms with Crippen molar-refractivity contribution in [3.63, 3.8) is 0 Å². The molecule has 2 heterocycles. The first-order valence-electron chi connectivity index (χ1n) is 6.46. The Hall–Kier alpha value is -2.21. The lowest BCUT2D eigenvalue weighted by atomic mass is 10.1. The van der Waals surface area contributed by atoms with Gasteiger partial charge in [0, 0.05) is 19.3 Å². The molecule has 0 fully saturated rings. The average Bonchev–Trinajstić information content (AvgIpc) is 2.98. The molecule has 0 saturated carbocycles. The molecule has 0 bridgehead atoms. The van der Waals surface area contributed by atoms with E-state index in [0.29, 0.717) is 5.56 Å². The standard InChI is InChI=1S/C15H16N2O3S/c1-10(7-11-5-6-21-9-11)17(2)14(18)12-3-4-13(15(19)20)16-8-12/h3-6,8-10H,7H2,1-2H3,(H,19,20). The molecule has 6 heteroatoms. The Kier molecular flexibility index (Phi) is 4.70. The highest BCUT2D eigenvalue weighted by molar-refractivity contribution is 7.07. The number of carboxylic acid groups (broad SMARTS) is 1. The zero-order valence-electron chi connectivity index (χ0n) is 11.8. The highest BCUT2D eigenvalue weighted by atomic mass is 32.1. The van der Waals surface area contributed by atoms with Crippen LogP contribution >= 0.6 is 11.3 Å². The minimum Gasteiger partial charge on any atom is -0.477 e. The Bertz CT molecular complexity index is 623. The number of amides is 1. The van der Waals surface area contributed by atoms with Gasteiger partial charge in [0.05, 0.1) is 5.56 Å². The number of aromatic carboxylic acids is 1. The van der Waals surface area contributed by atoms with Gasteiger partial charge < -0.3 is 10.0 Å². The minimum absolute atomic E-state index is 0.0475. The van der Waals surface area contributed by atoms with Crippen LogP contribution in [0.4, 0.5) is 0 Å². The molecule has 0 aliphatic heterocycles. The van der Waals surface area contributed by atoms with Gasteiger partial charge in [-0.3, -0.25) is 4.79 Å². The Morgan fingerprint density at radius 1 is 1.38 bits per heavy atom. The molecule has 5 nitrogen and oxygen atoms in total. The summed E-state index contributed by atoms with van der Waals surface area (Å²) in [6, 6.07) is 4.92. The van der Waals surface area contributed by atoms with E-state index in [2.05, 4.69) is 10.4 Å². The zero-order chi connectivity index (χ0) is 15.4. The van der Waals surface area contributed by atoms with Gasteiger partial charge in [-0.15, -0.1) is 0 Å². The summed E-state index contributed by atoms with van der Waals surface area (Å²) in [6.07, 6.45) is 2.09. The molecule has 0 radical (unpaired) electrons. The second kappa shape index (κ2) is 6.49. The molecule has 1 N–H and O–H groups in total. The van der Waals surface area contributed by atoms with Gasteiger partial charge >= 0.3 is 5.97 Å². The molecule has 0 aliphatic rings. The molecule has 110 valence electrons. The second-order valence-corrected chi connectivity index (χ2v) is 5.62. The van der Waals surface area contributed by atoms with E-state index in [4.69, 9.17) is 5.11 Å². The molecule has 1 atom stereocenters. The molecule has 0 aliphatic carbocycles. The van der Waals surface area contributed by atoms with Crippen LogP contribution in [-0.4, -0.2) is 40.0 Å². The summed E-state index contributed by atoms with van der Waals surface area (Å²) in [7, 11) is 1.74. The van der Waals surface area contributed by atoms with Crippen LogP contribution in [0.5, 0.6) is 0 Å². The van der Waals surface area contributed by atoms with Crippen LogP contribution in [0.3, 0.4) is 0 Å². The maximum absolute atomic E-state index is 12.3.